The number of hydrogen-bond acceptors (Lipinski definition) is 3. The van der Waals surface area contributed by atoms with E-state index in [1.807, 2.05) is 30.1 Å². The number of aromatic nitrogens is 1. The number of benzene rings is 1. The van der Waals surface area contributed by atoms with Crippen molar-refractivity contribution in [2.24, 2.45) is 5.92 Å². The van der Waals surface area contributed by atoms with Crippen molar-refractivity contribution in [3.05, 3.63) is 30.5 Å². The molecule has 2 unspecified atom stereocenters. The van der Waals surface area contributed by atoms with Gasteiger partial charge in [0.2, 0.25) is 0 Å². The minimum Gasteiger partial charge on any atom is -0.398 e. The summed E-state index contributed by atoms with van der Waals surface area (Å²) in [7, 11) is 0. The van der Waals surface area contributed by atoms with Crippen LogP contribution >= 0.6 is 11.8 Å². The van der Waals surface area contributed by atoms with Gasteiger partial charge in [0.05, 0.1) is 5.52 Å². The summed E-state index contributed by atoms with van der Waals surface area (Å²) in [6, 6.07) is 8.16. The van der Waals surface area contributed by atoms with Crippen LogP contribution in [0.5, 0.6) is 0 Å². The lowest BCUT2D eigenvalue weighted by molar-refractivity contribution is 0.394. The average Bonchev–Trinajstić information content (AvgIpc) is 2.42. The van der Waals surface area contributed by atoms with Crippen LogP contribution < -0.4 is 5.73 Å². The lowest BCUT2D eigenvalue weighted by atomic mass is 9.91. The van der Waals surface area contributed by atoms with E-state index in [2.05, 4.69) is 24.0 Å². The Morgan fingerprint density at radius 3 is 3.00 bits per heavy atom. The van der Waals surface area contributed by atoms with Gasteiger partial charge in [-0.15, -0.1) is 11.8 Å². The summed E-state index contributed by atoms with van der Waals surface area (Å²) in [5.41, 5.74) is 7.92. The lowest BCUT2D eigenvalue weighted by Gasteiger charge is -2.26. The Bertz CT molecular complexity index is 582. The van der Waals surface area contributed by atoms with E-state index in [0.717, 1.165) is 27.8 Å². The van der Waals surface area contributed by atoms with Crippen molar-refractivity contribution in [2.75, 3.05) is 5.73 Å². The second-order valence-corrected chi connectivity index (χ2v) is 6.91. The second-order valence-electron chi connectivity index (χ2n) is 5.56. The van der Waals surface area contributed by atoms with Crippen molar-refractivity contribution < 1.29 is 0 Å². The number of pyridine rings is 1. The van der Waals surface area contributed by atoms with Gasteiger partial charge >= 0.3 is 0 Å². The summed E-state index contributed by atoms with van der Waals surface area (Å²) in [4.78, 5) is 5.81. The molecule has 1 fully saturated rings. The molecule has 100 valence electrons. The van der Waals surface area contributed by atoms with Gasteiger partial charge in [-0.05, 0) is 43.0 Å². The summed E-state index contributed by atoms with van der Waals surface area (Å²) in [5, 5.41) is 1.81. The normalized spacial score (nSPS) is 23.6. The van der Waals surface area contributed by atoms with Gasteiger partial charge in [0.25, 0.3) is 0 Å². The van der Waals surface area contributed by atoms with Crippen LogP contribution in [0.15, 0.2) is 35.4 Å². The van der Waals surface area contributed by atoms with Crippen molar-refractivity contribution in [1.29, 1.82) is 0 Å². The first-order valence-electron chi connectivity index (χ1n) is 7.04. The molecule has 2 atom stereocenters. The highest BCUT2D eigenvalue weighted by molar-refractivity contribution is 8.00. The third-order valence-electron chi connectivity index (χ3n) is 3.95. The number of nitrogens with two attached hydrogens (primary N) is 1. The first-order chi connectivity index (χ1) is 9.24. The van der Waals surface area contributed by atoms with Crippen LogP contribution in [0, 0.1) is 5.92 Å². The quantitative estimate of drug-likeness (QED) is 0.819. The van der Waals surface area contributed by atoms with E-state index in [0.29, 0.717) is 0 Å². The van der Waals surface area contributed by atoms with Crippen LogP contribution in [0.4, 0.5) is 5.69 Å². The molecule has 3 heteroatoms. The van der Waals surface area contributed by atoms with Gasteiger partial charge in [0.15, 0.2) is 0 Å². The molecule has 1 aromatic carbocycles. The Hall–Kier alpha value is -1.22. The third-order valence-corrected chi connectivity index (χ3v) is 5.29. The molecule has 1 aliphatic rings. The van der Waals surface area contributed by atoms with Crippen LogP contribution in [0.25, 0.3) is 10.9 Å². The maximum Gasteiger partial charge on any atom is 0.0858 e. The van der Waals surface area contributed by atoms with E-state index in [-0.39, 0.29) is 0 Å². The molecule has 2 nitrogen and oxygen atoms in total. The van der Waals surface area contributed by atoms with Crippen molar-refractivity contribution >= 4 is 28.4 Å². The standard InChI is InChI=1S/C16H20N2S/c1-11-4-2-5-12(10-11)19-15-8-7-14(17)13-6-3-9-18-16(13)15/h3,6-9,11-12H,2,4-5,10,17H2,1H3. The topological polar surface area (TPSA) is 38.9 Å². The Morgan fingerprint density at radius 2 is 2.16 bits per heavy atom. The van der Waals surface area contributed by atoms with Gasteiger partial charge in [-0.2, -0.15) is 0 Å². The third kappa shape index (κ3) is 2.71. The number of anilines is 1. The fraction of sp³-hybridized carbons (Fsp3) is 0.438. The molecule has 0 radical (unpaired) electrons. The van der Waals surface area contributed by atoms with Gasteiger partial charge < -0.3 is 5.73 Å². The minimum absolute atomic E-state index is 0.734. The molecule has 0 spiro atoms. The number of hydrogen-bond donors (Lipinski definition) is 1. The SMILES string of the molecule is CC1CCCC(Sc2ccc(N)c3cccnc23)C1. The Labute approximate surface area is 118 Å². The largest absolute Gasteiger partial charge is 0.398 e. The number of fused-ring (bicyclic) bond motifs is 1. The molecule has 0 amide bonds. The highest BCUT2D eigenvalue weighted by atomic mass is 32.2. The van der Waals surface area contributed by atoms with Crippen LogP contribution in [0.1, 0.15) is 32.6 Å². The molecule has 0 bridgehead atoms. The van der Waals surface area contributed by atoms with Crippen LogP contribution in [-0.2, 0) is 0 Å². The highest BCUT2D eigenvalue weighted by Crippen LogP contribution is 2.39. The predicted octanol–water partition coefficient (Wildman–Crippen LogP) is 4.49. The van der Waals surface area contributed by atoms with Crippen LogP contribution in [0.2, 0.25) is 0 Å². The zero-order chi connectivity index (χ0) is 13.2. The molecular weight excluding hydrogens is 252 g/mol. The molecule has 3 rings (SSSR count). The smallest absolute Gasteiger partial charge is 0.0858 e. The first kappa shape index (κ1) is 12.8. The molecule has 1 saturated carbocycles. The maximum absolute atomic E-state index is 6.03. The van der Waals surface area contributed by atoms with Gasteiger partial charge in [-0.3, -0.25) is 4.98 Å². The Morgan fingerprint density at radius 1 is 1.26 bits per heavy atom. The van der Waals surface area contributed by atoms with Crippen LogP contribution in [-0.4, -0.2) is 10.2 Å². The molecule has 1 aliphatic carbocycles. The number of thioether (sulfide) groups is 1. The highest BCUT2D eigenvalue weighted by Gasteiger charge is 2.20. The summed E-state index contributed by atoms with van der Waals surface area (Å²) in [6.45, 7) is 2.37. The van der Waals surface area contributed by atoms with E-state index in [1.165, 1.54) is 30.6 Å². The van der Waals surface area contributed by atoms with E-state index >= 15 is 0 Å². The Kier molecular flexibility index (Phi) is 3.65. The zero-order valence-electron chi connectivity index (χ0n) is 11.3. The number of rotatable bonds is 2. The first-order valence-corrected chi connectivity index (χ1v) is 7.92. The van der Waals surface area contributed by atoms with Gasteiger partial charge in [-0.1, -0.05) is 19.8 Å². The molecule has 1 heterocycles. The van der Waals surface area contributed by atoms with Crippen LogP contribution in [0.3, 0.4) is 0 Å². The number of nitrogens with zero attached hydrogens (tertiary/aromatic N) is 1. The van der Waals surface area contributed by atoms with Crippen molar-refractivity contribution in [2.45, 2.75) is 42.8 Å². The average molecular weight is 272 g/mol. The molecule has 19 heavy (non-hydrogen) atoms. The van der Waals surface area contributed by atoms with E-state index in [9.17, 15) is 0 Å². The molecule has 2 N–H and O–H groups in total. The lowest BCUT2D eigenvalue weighted by Crippen LogP contribution is -2.14. The predicted molar refractivity (Wildman–Crippen MR) is 83.4 cm³/mol. The van der Waals surface area contributed by atoms with Crippen molar-refractivity contribution in [3.8, 4) is 0 Å². The maximum atomic E-state index is 6.03. The fourth-order valence-corrected chi connectivity index (χ4v) is 4.42. The second kappa shape index (κ2) is 5.41. The number of nitrogen functional groups attached to an aromatic ring is 1. The summed E-state index contributed by atoms with van der Waals surface area (Å²) < 4.78 is 0. The van der Waals surface area contributed by atoms with Crippen molar-refractivity contribution in [1.82, 2.24) is 4.98 Å². The van der Waals surface area contributed by atoms with E-state index in [1.54, 1.807) is 0 Å². The van der Waals surface area contributed by atoms with Gasteiger partial charge in [0.1, 0.15) is 0 Å². The molecule has 0 aliphatic heterocycles. The minimum atomic E-state index is 0.734. The summed E-state index contributed by atoms with van der Waals surface area (Å²) in [6.07, 6.45) is 7.25. The summed E-state index contributed by atoms with van der Waals surface area (Å²) >= 11 is 1.99. The monoisotopic (exact) mass is 272 g/mol. The molecular formula is C16H20N2S. The molecule has 2 aromatic rings. The zero-order valence-corrected chi connectivity index (χ0v) is 12.1. The molecule has 0 saturated heterocycles. The Balaban J connectivity index is 1.90. The van der Waals surface area contributed by atoms with E-state index in [4.69, 9.17) is 5.73 Å². The van der Waals surface area contributed by atoms with E-state index < -0.39 is 0 Å². The van der Waals surface area contributed by atoms with Gasteiger partial charge in [0, 0.05) is 27.4 Å². The fourth-order valence-electron chi connectivity index (χ4n) is 2.93. The summed E-state index contributed by atoms with van der Waals surface area (Å²) in [5.74, 6) is 0.860. The van der Waals surface area contributed by atoms with Gasteiger partial charge in [-0.25, -0.2) is 0 Å². The van der Waals surface area contributed by atoms with Crippen molar-refractivity contribution in [3.63, 3.8) is 0 Å². The molecule has 1 aromatic heterocycles.